The van der Waals surface area contributed by atoms with E-state index in [0.717, 1.165) is 30.3 Å². The molecule has 3 heterocycles. The third-order valence-electron chi connectivity index (χ3n) is 5.85. The van der Waals surface area contributed by atoms with Gasteiger partial charge in [-0.1, -0.05) is 6.42 Å². The van der Waals surface area contributed by atoms with Gasteiger partial charge in [0.2, 0.25) is 0 Å². The van der Waals surface area contributed by atoms with Gasteiger partial charge in [-0.25, -0.2) is 4.98 Å². The number of aromatic amines is 1. The van der Waals surface area contributed by atoms with Gasteiger partial charge in [-0.05, 0) is 42.5 Å². The number of likely N-dealkylation sites (tertiary alicyclic amines) is 1. The number of hydrogen-bond donors (Lipinski definition) is 1. The summed E-state index contributed by atoms with van der Waals surface area (Å²) in [6.45, 7) is 1.64. The predicted molar refractivity (Wildman–Crippen MR) is 87.6 cm³/mol. The largest absolute Gasteiger partial charge is 0.337 e. The van der Waals surface area contributed by atoms with Gasteiger partial charge in [-0.2, -0.15) is 16.4 Å². The highest BCUT2D eigenvalue weighted by molar-refractivity contribution is 7.08. The predicted octanol–water partition coefficient (Wildman–Crippen LogP) is 3.15. The molecule has 1 amide bonds. The number of H-pyrrole nitrogens is 1. The quantitative estimate of drug-likeness (QED) is 0.941. The Labute approximate surface area is 139 Å². The van der Waals surface area contributed by atoms with Crippen LogP contribution in [0.15, 0.2) is 16.8 Å². The van der Waals surface area contributed by atoms with Crippen LogP contribution in [0.25, 0.3) is 0 Å². The van der Waals surface area contributed by atoms with Gasteiger partial charge >= 0.3 is 0 Å². The smallest absolute Gasteiger partial charge is 0.254 e. The van der Waals surface area contributed by atoms with E-state index in [1.165, 1.54) is 32.1 Å². The SMILES string of the molecule is O=C(c1ccsc1)N1CC(c2nc(C3CC3)n[nH]2)C2(CCC2)C1. The average Bonchev–Trinajstić information content (AvgIpc) is 3.01. The lowest BCUT2D eigenvalue weighted by molar-refractivity contribution is 0.0724. The van der Waals surface area contributed by atoms with Crippen molar-refractivity contribution in [1.82, 2.24) is 20.1 Å². The molecule has 0 radical (unpaired) electrons. The van der Waals surface area contributed by atoms with Crippen LogP contribution < -0.4 is 0 Å². The van der Waals surface area contributed by atoms with Crippen LogP contribution in [-0.2, 0) is 0 Å². The Kier molecular flexibility index (Phi) is 2.92. The van der Waals surface area contributed by atoms with E-state index in [1.54, 1.807) is 11.3 Å². The normalized spacial score (nSPS) is 25.7. The van der Waals surface area contributed by atoms with E-state index in [0.29, 0.717) is 11.8 Å². The molecule has 2 aliphatic carbocycles. The molecule has 3 aliphatic rings. The third kappa shape index (κ3) is 2.15. The first-order valence-electron chi connectivity index (χ1n) is 8.49. The Morgan fingerprint density at radius 2 is 2.26 bits per heavy atom. The average molecular weight is 328 g/mol. The molecule has 23 heavy (non-hydrogen) atoms. The summed E-state index contributed by atoms with van der Waals surface area (Å²) in [5, 5.41) is 11.5. The van der Waals surface area contributed by atoms with Crippen molar-refractivity contribution in [2.24, 2.45) is 5.41 Å². The Morgan fingerprint density at radius 1 is 1.39 bits per heavy atom. The minimum absolute atomic E-state index is 0.168. The summed E-state index contributed by atoms with van der Waals surface area (Å²) in [6, 6.07) is 1.92. The number of hydrogen-bond acceptors (Lipinski definition) is 4. The summed E-state index contributed by atoms with van der Waals surface area (Å²) in [5.41, 5.74) is 1.05. The maximum Gasteiger partial charge on any atom is 0.254 e. The zero-order valence-corrected chi connectivity index (χ0v) is 13.8. The summed E-state index contributed by atoms with van der Waals surface area (Å²) in [7, 11) is 0. The number of rotatable bonds is 3. The molecule has 5 rings (SSSR count). The van der Waals surface area contributed by atoms with Crippen molar-refractivity contribution in [3.05, 3.63) is 34.0 Å². The Morgan fingerprint density at radius 3 is 2.91 bits per heavy atom. The summed E-state index contributed by atoms with van der Waals surface area (Å²) in [6.07, 6.45) is 6.10. The van der Waals surface area contributed by atoms with Crippen LogP contribution in [0.4, 0.5) is 0 Å². The maximum atomic E-state index is 12.7. The summed E-state index contributed by atoms with van der Waals surface area (Å²) in [5.74, 6) is 3.05. The molecular weight excluding hydrogens is 308 g/mol. The third-order valence-corrected chi connectivity index (χ3v) is 6.53. The zero-order valence-electron chi connectivity index (χ0n) is 13.0. The lowest BCUT2D eigenvalue weighted by Gasteiger charge is -2.41. The van der Waals surface area contributed by atoms with Crippen molar-refractivity contribution >= 4 is 17.2 Å². The van der Waals surface area contributed by atoms with Gasteiger partial charge in [-0.3, -0.25) is 9.89 Å². The molecule has 5 nitrogen and oxygen atoms in total. The zero-order chi connectivity index (χ0) is 15.4. The van der Waals surface area contributed by atoms with Gasteiger partial charge in [0.1, 0.15) is 5.82 Å². The van der Waals surface area contributed by atoms with Crippen LogP contribution in [0, 0.1) is 5.41 Å². The number of amides is 1. The summed E-state index contributed by atoms with van der Waals surface area (Å²) < 4.78 is 0. The minimum atomic E-state index is 0.168. The molecule has 6 heteroatoms. The number of nitrogens with zero attached hydrogens (tertiary/aromatic N) is 3. The fourth-order valence-electron chi connectivity index (χ4n) is 4.17. The van der Waals surface area contributed by atoms with E-state index in [4.69, 9.17) is 4.98 Å². The fraction of sp³-hybridized carbons (Fsp3) is 0.588. The van der Waals surface area contributed by atoms with E-state index < -0.39 is 0 Å². The molecule has 2 aromatic rings. The van der Waals surface area contributed by atoms with E-state index >= 15 is 0 Å². The Bertz CT molecular complexity index is 730. The number of carbonyl (C=O) groups excluding carboxylic acids is 1. The van der Waals surface area contributed by atoms with Crippen molar-refractivity contribution in [2.45, 2.75) is 43.9 Å². The molecule has 1 atom stereocenters. The van der Waals surface area contributed by atoms with Gasteiger partial charge in [0.25, 0.3) is 5.91 Å². The van der Waals surface area contributed by atoms with E-state index in [-0.39, 0.29) is 11.3 Å². The van der Waals surface area contributed by atoms with E-state index in [1.807, 2.05) is 21.7 Å². The topological polar surface area (TPSA) is 61.9 Å². The monoisotopic (exact) mass is 328 g/mol. The standard InChI is InChI=1S/C17H20N4OS/c22-16(12-4-7-23-9-12)21-8-13(17(10-21)5-1-6-17)15-18-14(19-20-15)11-2-3-11/h4,7,9,11,13H,1-3,5-6,8,10H2,(H,18,19,20). The van der Waals surface area contributed by atoms with Crippen molar-refractivity contribution in [3.63, 3.8) is 0 Å². The van der Waals surface area contributed by atoms with Gasteiger partial charge in [0.05, 0.1) is 5.56 Å². The lowest BCUT2D eigenvalue weighted by atomic mass is 9.62. The number of carbonyl (C=O) groups is 1. The first-order chi connectivity index (χ1) is 11.3. The molecule has 120 valence electrons. The van der Waals surface area contributed by atoms with Crippen LogP contribution >= 0.6 is 11.3 Å². The van der Waals surface area contributed by atoms with Gasteiger partial charge < -0.3 is 4.90 Å². The van der Waals surface area contributed by atoms with E-state index in [9.17, 15) is 4.79 Å². The second kappa shape index (κ2) is 4.90. The van der Waals surface area contributed by atoms with Crippen molar-refractivity contribution in [1.29, 1.82) is 0 Å². The molecule has 1 unspecified atom stereocenters. The fourth-order valence-corrected chi connectivity index (χ4v) is 4.80. The van der Waals surface area contributed by atoms with Gasteiger partial charge in [0.15, 0.2) is 5.82 Å². The highest BCUT2D eigenvalue weighted by Gasteiger charge is 2.53. The molecule has 1 saturated heterocycles. The van der Waals surface area contributed by atoms with Crippen LogP contribution in [0.1, 0.15) is 65.9 Å². The van der Waals surface area contributed by atoms with Crippen molar-refractivity contribution in [2.75, 3.05) is 13.1 Å². The molecule has 3 fully saturated rings. The number of thiophene rings is 1. The molecule has 1 aliphatic heterocycles. The van der Waals surface area contributed by atoms with Crippen LogP contribution in [-0.4, -0.2) is 39.1 Å². The molecule has 0 bridgehead atoms. The molecule has 1 N–H and O–H groups in total. The number of aromatic nitrogens is 3. The summed E-state index contributed by atoms with van der Waals surface area (Å²) >= 11 is 1.58. The number of nitrogens with one attached hydrogen (secondary N) is 1. The van der Waals surface area contributed by atoms with Crippen LogP contribution in [0.5, 0.6) is 0 Å². The maximum absolute atomic E-state index is 12.7. The minimum Gasteiger partial charge on any atom is -0.337 e. The van der Waals surface area contributed by atoms with E-state index in [2.05, 4.69) is 10.2 Å². The molecular formula is C17H20N4OS. The highest BCUT2D eigenvalue weighted by Crippen LogP contribution is 2.55. The molecule has 0 aromatic carbocycles. The second-order valence-corrected chi connectivity index (χ2v) is 8.10. The molecule has 2 saturated carbocycles. The first kappa shape index (κ1) is 13.7. The first-order valence-corrected chi connectivity index (χ1v) is 9.43. The van der Waals surface area contributed by atoms with Gasteiger partial charge in [0, 0.05) is 30.3 Å². The lowest BCUT2D eigenvalue weighted by Crippen LogP contribution is -2.38. The second-order valence-electron chi connectivity index (χ2n) is 7.32. The molecule has 1 spiro atoms. The van der Waals surface area contributed by atoms with Crippen molar-refractivity contribution in [3.8, 4) is 0 Å². The van der Waals surface area contributed by atoms with Crippen LogP contribution in [0.3, 0.4) is 0 Å². The van der Waals surface area contributed by atoms with Crippen molar-refractivity contribution < 1.29 is 4.79 Å². The Hall–Kier alpha value is -1.69. The van der Waals surface area contributed by atoms with Crippen LogP contribution in [0.2, 0.25) is 0 Å². The highest BCUT2D eigenvalue weighted by atomic mass is 32.1. The Balaban J connectivity index is 1.42. The summed E-state index contributed by atoms with van der Waals surface area (Å²) in [4.78, 5) is 19.5. The van der Waals surface area contributed by atoms with Gasteiger partial charge in [-0.15, -0.1) is 0 Å². The molecule has 2 aromatic heterocycles.